The van der Waals surface area contributed by atoms with Crippen LogP contribution in [0.3, 0.4) is 0 Å². The lowest BCUT2D eigenvalue weighted by atomic mass is 9.72. The first-order chi connectivity index (χ1) is 6.06. The van der Waals surface area contributed by atoms with E-state index in [1.54, 1.807) is 0 Å². The van der Waals surface area contributed by atoms with E-state index in [4.69, 9.17) is 15.2 Å². The summed E-state index contributed by atoms with van der Waals surface area (Å²) in [6.07, 6.45) is 2.05. The molecule has 2 atom stereocenters. The maximum atomic E-state index is 6.44. The summed E-state index contributed by atoms with van der Waals surface area (Å²) < 4.78 is 11.1. The van der Waals surface area contributed by atoms with Crippen molar-refractivity contribution in [3.63, 3.8) is 0 Å². The summed E-state index contributed by atoms with van der Waals surface area (Å²) in [7, 11) is 0. The molecule has 2 saturated heterocycles. The summed E-state index contributed by atoms with van der Waals surface area (Å²) in [6, 6.07) is 0. The molecule has 2 aliphatic heterocycles. The van der Waals surface area contributed by atoms with E-state index in [1.807, 2.05) is 0 Å². The van der Waals surface area contributed by atoms with Crippen molar-refractivity contribution < 1.29 is 9.47 Å². The summed E-state index contributed by atoms with van der Waals surface area (Å²) in [5.74, 6) is 0.477. The van der Waals surface area contributed by atoms with Crippen LogP contribution in [0.1, 0.15) is 26.7 Å². The second kappa shape index (κ2) is 2.94. The van der Waals surface area contributed by atoms with Crippen molar-refractivity contribution in [1.82, 2.24) is 0 Å². The second-order valence-electron chi connectivity index (χ2n) is 4.71. The Bertz CT molecular complexity index is 199. The zero-order valence-electron chi connectivity index (χ0n) is 8.51. The normalized spacial score (nSPS) is 44.1. The Labute approximate surface area is 79.6 Å². The van der Waals surface area contributed by atoms with Gasteiger partial charge in [-0.05, 0) is 26.7 Å². The molecule has 0 spiro atoms. The summed E-state index contributed by atoms with van der Waals surface area (Å²) in [5.41, 5.74) is 6.07. The predicted octanol–water partition coefficient (Wildman–Crippen LogP) is 0.919. The third-order valence-corrected chi connectivity index (χ3v) is 3.76. The number of ether oxygens (including phenoxy) is 2. The average Bonchev–Trinajstić information content (AvgIpc) is 2.61. The molecule has 2 fully saturated rings. The van der Waals surface area contributed by atoms with E-state index in [9.17, 15) is 0 Å². The molecule has 0 radical (unpaired) electrons. The quantitative estimate of drug-likeness (QED) is 0.660. The number of rotatable bonds is 1. The lowest BCUT2D eigenvalue weighted by Gasteiger charge is -2.40. The molecule has 0 aliphatic carbocycles. The molecule has 2 N–H and O–H groups in total. The zero-order valence-corrected chi connectivity index (χ0v) is 8.51. The Hall–Kier alpha value is -0.120. The summed E-state index contributed by atoms with van der Waals surface area (Å²) in [5, 5.41) is 0. The highest BCUT2D eigenvalue weighted by Crippen LogP contribution is 2.41. The van der Waals surface area contributed by atoms with Crippen molar-refractivity contribution >= 4 is 0 Å². The van der Waals surface area contributed by atoms with Gasteiger partial charge in [-0.25, -0.2) is 0 Å². The molecule has 13 heavy (non-hydrogen) atoms. The van der Waals surface area contributed by atoms with Gasteiger partial charge in [-0.1, -0.05) is 0 Å². The standard InChI is InChI=1S/C10H19NO2/c1-9(2)10(11,4-6-13-9)8-3-5-12-7-8/h8H,3-7,11H2,1-2H3. The molecule has 2 rings (SSSR count). The Balaban J connectivity index is 2.17. The van der Waals surface area contributed by atoms with Crippen molar-refractivity contribution in [1.29, 1.82) is 0 Å². The Kier molecular flexibility index (Phi) is 2.13. The van der Waals surface area contributed by atoms with E-state index >= 15 is 0 Å². The Morgan fingerprint density at radius 1 is 1.31 bits per heavy atom. The van der Waals surface area contributed by atoms with Crippen LogP contribution in [-0.2, 0) is 9.47 Å². The fourth-order valence-electron chi connectivity index (χ4n) is 2.55. The van der Waals surface area contributed by atoms with Crippen LogP contribution in [0.25, 0.3) is 0 Å². The first kappa shape index (κ1) is 9.44. The van der Waals surface area contributed by atoms with Gasteiger partial charge >= 0.3 is 0 Å². The third-order valence-electron chi connectivity index (χ3n) is 3.76. The summed E-state index contributed by atoms with van der Waals surface area (Å²) >= 11 is 0. The summed E-state index contributed by atoms with van der Waals surface area (Å²) in [6.45, 7) is 6.65. The minimum absolute atomic E-state index is 0.177. The fourth-order valence-corrected chi connectivity index (χ4v) is 2.55. The Morgan fingerprint density at radius 3 is 2.54 bits per heavy atom. The van der Waals surface area contributed by atoms with E-state index in [2.05, 4.69) is 13.8 Å². The minimum atomic E-state index is -0.189. The highest BCUT2D eigenvalue weighted by atomic mass is 16.5. The third kappa shape index (κ3) is 1.30. The molecular formula is C10H19NO2. The van der Waals surface area contributed by atoms with Gasteiger partial charge in [-0.15, -0.1) is 0 Å². The molecular weight excluding hydrogens is 166 g/mol. The molecule has 0 aromatic rings. The lowest BCUT2D eigenvalue weighted by Crippen LogP contribution is -2.59. The minimum Gasteiger partial charge on any atom is -0.381 e. The molecule has 2 aliphatic rings. The van der Waals surface area contributed by atoms with Gasteiger partial charge in [0, 0.05) is 19.1 Å². The van der Waals surface area contributed by atoms with E-state index in [0.717, 1.165) is 32.7 Å². The molecule has 0 amide bonds. The van der Waals surface area contributed by atoms with E-state index in [-0.39, 0.29) is 11.1 Å². The molecule has 0 aromatic heterocycles. The van der Waals surface area contributed by atoms with Crippen LogP contribution in [0.15, 0.2) is 0 Å². The smallest absolute Gasteiger partial charge is 0.0809 e. The molecule has 0 saturated carbocycles. The first-order valence-corrected chi connectivity index (χ1v) is 5.07. The summed E-state index contributed by atoms with van der Waals surface area (Å²) in [4.78, 5) is 0. The van der Waals surface area contributed by atoms with Crippen LogP contribution in [-0.4, -0.2) is 31.0 Å². The van der Waals surface area contributed by atoms with Crippen molar-refractivity contribution in [2.75, 3.05) is 19.8 Å². The van der Waals surface area contributed by atoms with Crippen LogP contribution in [0, 0.1) is 5.92 Å². The van der Waals surface area contributed by atoms with Crippen LogP contribution < -0.4 is 5.73 Å². The topological polar surface area (TPSA) is 44.5 Å². The molecule has 3 nitrogen and oxygen atoms in total. The van der Waals surface area contributed by atoms with E-state index in [0.29, 0.717) is 5.92 Å². The molecule has 0 bridgehead atoms. The van der Waals surface area contributed by atoms with E-state index in [1.165, 1.54) is 0 Å². The highest BCUT2D eigenvalue weighted by molar-refractivity contribution is 5.08. The van der Waals surface area contributed by atoms with E-state index < -0.39 is 0 Å². The molecule has 3 heteroatoms. The van der Waals surface area contributed by atoms with Crippen LogP contribution in [0.2, 0.25) is 0 Å². The van der Waals surface area contributed by atoms with Gasteiger partial charge in [0.25, 0.3) is 0 Å². The largest absolute Gasteiger partial charge is 0.381 e. The van der Waals surface area contributed by atoms with Crippen molar-refractivity contribution in [2.45, 2.75) is 37.8 Å². The monoisotopic (exact) mass is 185 g/mol. The molecule has 76 valence electrons. The van der Waals surface area contributed by atoms with Gasteiger partial charge in [0.05, 0.1) is 17.7 Å². The number of hydrogen-bond acceptors (Lipinski definition) is 3. The van der Waals surface area contributed by atoms with Crippen molar-refractivity contribution in [3.05, 3.63) is 0 Å². The Morgan fingerprint density at radius 2 is 2.08 bits per heavy atom. The maximum Gasteiger partial charge on any atom is 0.0809 e. The SMILES string of the molecule is CC1(C)OCCC1(N)C1CCOC1. The number of hydrogen-bond donors (Lipinski definition) is 1. The van der Waals surface area contributed by atoms with Crippen molar-refractivity contribution in [3.8, 4) is 0 Å². The molecule has 2 heterocycles. The first-order valence-electron chi connectivity index (χ1n) is 5.07. The maximum absolute atomic E-state index is 6.44. The van der Waals surface area contributed by atoms with Gasteiger partial charge < -0.3 is 15.2 Å². The predicted molar refractivity (Wildman–Crippen MR) is 50.5 cm³/mol. The van der Waals surface area contributed by atoms with Crippen molar-refractivity contribution in [2.24, 2.45) is 11.7 Å². The molecule has 2 unspecified atom stereocenters. The van der Waals surface area contributed by atoms with Crippen LogP contribution >= 0.6 is 0 Å². The fraction of sp³-hybridized carbons (Fsp3) is 1.00. The number of nitrogens with two attached hydrogens (primary N) is 1. The average molecular weight is 185 g/mol. The lowest BCUT2D eigenvalue weighted by molar-refractivity contribution is -0.0191. The van der Waals surface area contributed by atoms with Gasteiger partial charge in [0.2, 0.25) is 0 Å². The van der Waals surface area contributed by atoms with Gasteiger partial charge in [-0.3, -0.25) is 0 Å². The molecule has 0 aromatic carbocycles. The van der Waals surface area contributed by atoms with Crippen LogP contribution in [0.4, 0.5) is 0 Å². The zero-order chi connectivity index (χ0) is 9.53. The van der Waals surface area contributed by atoms with Gasteiger partial charge in [0.1, 0.15) is 0 Å². The van der Waals surface area contributed by atoms with Gasteiger partial charge in [-0.2, -0.15) is 0 Å². The van der Waals surface area contributed by atoms with Crippen LogP contribution in [0.5, 0.6) is 0 Å². The highest BCUT2D eigenvalue weighted by Gasteiger charge is 2.52. The van der Waals surface area contributed by atoms with Gasteiger partial charge in [0.15, 0.2) is 0 Å². The second-order valence-corrected chi connectivity index (χ2v) is 4.71.